The second-order valence-electron chi connectivity index (χ2n) is 8.39. The highest BCUT2D eigenvalue weighted by molar-refractivity contribution is 7.81. The van der Waals surface area contributed by atoms with E-state index in [1.54, 1.807) is 0 Å². The van der Waals surface area contributed by atoms with Crippen LogP contribution in [0.4, 0.5) is 28.9 Å². The summed E-state index contributed by atoms with van der Waals surface area (Å²) in [6, 6.07) is 7.83. The van der Waals surface area contributed by atoms with E-state index in [0.29, 0.717) is 6.07 Å². The van der Waals surface area contributed by atoms with Gasteiger partial charge < -0.3 is 14.4 Å². The number of amides is 1. The zero-order valence-corrected chi connectivity index (χ0v) is 19.2. The van der Waals surface area contributed by atoms with Crippen molar-refractivity contribution in [2.45, 2.75) is 31.7 Å². The Morgan fingerprint density at radius 2 is 1.86 bits per heavy atom. The van der Waals surface area contributed by atoms with Gasteiger partial charge in [-0.15, -0.1) is 0 Å². The second-order valence-corrected chi connectivity index (χ2v) is 8.75. The number of halogens is 4. The van der Waals surface area contributed by atoms with Gasteiger partial charge >= 0.3 is 12.1 Å². The lowest BCUT2D eigenvalue weighted by Crippen LogP contribution is -2.44. The van der Waals surface area contributed by atoms with E-state index in [-0.39, 0.29) is 35.3 Å². The molecule has 12 heteroatoms. The molecule has 0 saturated carbocycles. The fraction of sp³-hybridized carbons (Fsp3) is 0.304. The number of benzene rings is 2. The maximum Gasteiger partial charge on any atom is 0.417 e. The van der Waals surface area contributed by atoms with Crippen molar-refractivity contribution >= 4 is 40.6 Å². The third-order valence-electron chi connectivity index (χ3n) is 5.67. The molecule has 0 unspecified atom stereocenters. The molecule has 0 spiro atoms. The number of carbonyl (C=O) groups excluding carboxylic acids is 2. The molecule has 2 aromatic carbocycles. The zero-order valence-electron chi connectivity index (χ0n) is 18.4. The molecule has 0 aromatic heterocycles. The van der Waals surface area contributed by atoms with Gasteiger partial charge in [-0.1, -0.05) is 0 Å². The Balaban J connectivity index is 1.69. The number of nitriles is 1. The Hall–Kier alpha value is -3.56. The summed E-state index contributed by atoms with van der Waals surface area (Å²) in [5.74, 6) is -2.45. The van der Waals surface area contributed by atoms with E-state index in [0.717, 1.165) is 17.0 Å². The van der Waals surface area contributed by atoms with Crippen LogP contribution < -0.4 is 9.80 Å². The minimum atomic E-state index is -4.83. The van der Waals surface area contributed by atoms with Gasteiger partial charge in [0.1, 0.15) is 17.5 Å². The summed E-state index contributed by atoms with van der Waals surface area (Å²) < 4.78 is 65.2. The third-order valence-corrected chi connectivity index (χ3v) is 6.03. The Bertz CT molecular complexity index is 1280. The van der Waals surface area contributed by atoms with E-state index in [2.05, 4.69) is 0 Å². The van der Waals surface area contributed by atoms with Crippen molar-refractivity contribution in [1.82, 2.24) is 0 Å². The van der Waals surface area contributed by atoms with E-state index in [9.17, 15) is 27.2 Å². The Morgan fingerprint density at radius 3 is 2.40 bits per heavy atom. The fourth-order valence-electron chi connectivity index (χ4n) is 3.77. The first-order chi connectivity index (χ1) is 16.4. The summed E-state index contributed by atoms with van der Waals surface area (Å²) in [6.07, 6.45) is -5.29. The number of thiocarbonyl (C=S) groups is 1. The molecule has 0 atom stereocenters. The van der Waals surface area contributed by atoms with Gasteiger partial charge in [-0.05, 0) is 62.5 Å². The number of anilines is 2. The Kier molecular flexibility index (Phi) is 6.02. The highest BCUT2D eigenvalue weighted by atomic mass is 32.1. The van der Waals surface area contributed by atoms with Crippen LogP contribution in [0, 0.1) is 17.1 Å². The maximum atomic E-state index is 14.8. The standard InChI is InChI=1S/C23H17F4N3O4S/c1-22(2)20(32)29(13-4-3-12(9-28)17(7-13)23(25,26)27)21(35)30(22)14-5-6-16(18(24)8-14)19(31)34-15-10-33-11-15/h3-8,15H,10-11H2,1-2H3. The van der Waals surface area contributed by atoms with Crippen molar-refractivity contribution in [3.8, 4) is 6.07 Å². The molecule has 1 amide bonds. The van der Waals surface area contributed by atoms with Crippen LogP contribution >= 0.6 is 12.2 Å². The van der Waals surface area contributed by atoms with Gasteiger partial charge in [-0.2, -0.15) is 18.4 Å². The van der Waals surface area contributed by atoms with Gasteiger partial charge in [0.05, 0.1) is 41.7 Å². The average molecular weight is 507 g/mol. The SMILES string of the molecule is CC1(C)C(=O)N(c2ccc(C#N)c(C(F)(F)F)c2)C(=S)N1c1ccc(C(=O)OC2COC2)c(F)c1. The maximum absolute atomic E-state index is 14.8. The predicted molar refractivity (Wildman–Crippen MR) is 119 cm³/mol. The highest BCUT2D eigenvalue weighted by Crippen LogP contribution is 2.40. The summed E-state index contributed by atoms with van der Waals surface area (Å²) in [6.45, 7) is 3.41. The Labute approximate surface area is 202 Å². The van der Waals surface area contributed by atoms with Gasteiger partial charge in [0.2, 0.25) is 0 Å². The normalized spacial score (nSPS) is 17.9. The van der Waals surface area contributed by atoms with Gasteiger partial charge in [-0.25, -0.2) is 9.18 Å². The van der Waals surface area contributed by atoms with Crippen LogP contribution in [0.3, 0.4) is 0 Å². The molecular weight excluding hydrogens is 490 g/mol. The molecule has 7 nitrogen and oxygen atoms in total. The first-order valence-corrected chi connectivity index (χ1v) is 10.7. The highest BCUT2D eigenvalue weighted by Gasteiger charge is 2.51. The van der Waals surface area contributed by atoms with Gasteiger partial charge in [0.15, 0.2) is 5.11 Å². The summed E-state index contributed by atoms with van der Waals surface area (Å²) in [5.41, 5.74) is -3.62. The van der Waals surface area contributed by atoms with Crippen LogP contribution in [0.15, 0.2) is 36.4 Å². The molecule has 2 aliphatic heterocycles. The molecule has 35 heavy (non-hydrogen) atoms. The number of ether oxygens (including phenoxy) is 2. The predicted octanol–water partition coefficient (Wildman–Crippen LogP) is 4.19. The lowest BCUT2D eigenvalue weighted by molar-refractivity contribution is -0.137. The number of hydrogen-bond acceptors (Lipinski definition) is 6. The van der Waals surface area contributed by atoms with Crippen LogP contribution in [-0.4, -0.2) is 41.8 Å². The van der Waals surface area contributed by atoms with Crippen molar-refractivity contribution in [1.29, 1.82) is 5.26 Å². The monoisotopic (exact) mass is 507 g/mol. The van der Waals surface area contributed by atoms with Crippen molar-refractivity contribution in [2.75, 3.05) is 23.0 Å². The lowest BCUT2D eigenvalue weighted by Gasteiger charge is -2.29. The summed E-state index contributed by atoms with van der Waals surface area (Å²) in [5, 5.41) is 8.83. The average Bonchev–Trinajstić information content (AvgIpc) is 2.93. The molecule has 2 fully saturated rings. The van der Waals surface area contributed by atoms with E-state index in [1.807, 2.05) is 0 Å². The molecule has 182 valence electrons. The number of carbonyl (C=O) groups is 2. The van der Waals surface area contributed by atoms with E-state index < -0.39 is 46.6 Å². The molecule has 0 N–H and O–H groups in total. The number of esters is 1. The number of hydrogen-bond donors (Lipinski definition) is 0. The van der Waals surface area contributed by atoms with Gasteiger partial charge in [-0.3, -0.25) is 9.69 Å². The molecule has 0 aliphatic carbocycles. The van der Waals surface area contributed by atoms with Crippen molar-refractivity contribution in [3.05, 3.63) is 58.9 Å². The van der Waals surface area contributed by atoms with Crippen molar-refractivity contribution < 1.29 is 36.6 Å². The van der Waals surface area contributed by atoms with Crippen LogP contribution in [-0.2, 0) is 20.4 Å². The van der Waals surface area contributed by atoms with Crippen LogP contribution in [0.2, 0.25) is 0 Å². The quantitative estimate of drug-likeness (QED) is 0.349. The van der Waals surface area contributed by atoms with E-state index in [4.69, 9.17) is 27.0 Å². The Morgan fingerprint density at radius 1 is 1.20 bits per heavy atom. The van der Waals surface area contributed by atoms with Crippen molar-refractivity contribution in [2.24, 2.45) is 0 Å². The molecule has 2 heterocycles. The molecule has 2 aliphatic rings. The topological polar surface area (TPSA) is 82.9 Å². The second kappa shape index (κ2) is 8.58. The minimum absolute atomic E-state index is 0.113. The van der Waals surface area contributed by atoms with E-state index >= 15 is 0 Å². The van der Waals surface area contributed by atoms with Crippen LogP contribution in [0.25, 0.3) is 0 Å². The molecule has 4 rings (SSSR count). The first kappa shape index (κ1) is 24.6. The van der Waals surface area contributed by atoms with E-state index in [1.165, 1.54) is 43.0 Å². The van der Waals surface area contributed by atoms with Crippen LogP contribution in [0.1, 0.15) is 35.3 Å². The lowest BCUT2D eigenvalue weighted by atomic mass is 10.0. The summed E-state index contributed by atoms with van der Waals surface area (Å²) in [4.78, 5) is 27.6. The molecular formula is C23H17F4N3O4S. The number of nitrogens with zero attached hydrogens (tertiary/aromatic N) is 3. The minimum Gasteiger partial charge on any atom is -0.454 e. The van der Waals surface area contributed by atoms with Crippen LogP contribution in [0.5, 0.6) is 0 Å². The largest absolute Gasteiger partial charge is 0.454 e. The van der Waals surface area contributed by atoms with Gasteiger partial charge in [0, 0.05) is 5.69 Å². The fourth-order valence-corrected chi connectivity index (χ4v) is 4.29. The van der Waals surface area contributed by atoms with Crippen molar-refractivity contribution in [3.63, 3.8) is 0 Å². The zero-order chi connectivity index (χ0) is 25.7. The molecule has 2 aromatic rings. The summed E-state index contributed by atoms with van der Waals surface area (Å²) in [7, 11) is 0. The van der Waals surface area contributed by atoms with Gasteiger partial charge in [0.25, 0.3) is 5.91 Å². The number of rotatable bonds is 4. The third kappa shape index (κ3) is 4.21. The number of alkyl halides is 3. The summed E-state index contributed by atoms with van der Waals surface area (Å²) >= 11 is 5.41. The molecule has 0 bridgehead atoms. The molecule has 2 saturated heterocycles. The smallest absolute Gasteiger partial charge is 0.417 e. The molecule has 0 radical (unpaired) electrons. The first-order valence-electron chi connectivity index (χ1n) is 10.2.